The Hall–Kier alpha value is -2.35. The van der Waals surface area contributed by atoms with Crippen LogP contribution in [0, 0.1) is 13.8 Å². The summed E-state index contributed by atoms with van der Waals surface area (Å²) in [6.45, 7) is 5.34. The van der Waals surface area contributed by atoms with Crippen LogP contribution >= 0.6 is 0 Å². The molecule has 98 valence electrons. The Bertz CT molecular complexity index is 792. The zero-order valence-corrected chi connectivity index (χ0v) is 11.8. The first-order chi connectivity index (χ1) is 9.75. The number of imidazole rings is 1. The van der Waals surface area contributed by atoms with Gasteiger partial charge < -0.3 is 0 Å². The van der Waals surface area contributed by atoms with Crippen molar-refractivity contribution in [2.75, 3.05) is 0 Å². The molecule has 1 aliphatic rings. The zero-order valence-electron chi connectivity index (χ0n) is 11.8. The molecule has 0 atom stereocenters. The van der Waals surface area contributed by atoms with Gasteiger partial charge in [0.25, 0.3) is 5.82 Å². The van der Waals surface area contributed by atoms with E-state index in [1.165, 1.54) is 33.8 Å². The van der Waals surface area contributed by atoms with E-state index >= 15 is 0 Å². The van der Waals surface area contributed by atoms with Crippen LogP contribution in [-0.4, -0.2) is 4.57 Å². The average Bonchev–Trinajstić information content (AvgIpc) is 2.98. The molecule has 0 saturated heterocycles. The molecule has 0 amide bonds. The van der Waals surface area contributed by atoms with Gasteiger partial charge in [-0.3, -0.25) is 0 Å². The molecule has 0 N–H and O–H groups in total. The minimum Gasteiger partial charge on any atom is -0.225 e. The molecule has 1 aromatic heterocycles. The molecule has 0 unspecified atom stereocenters. The van der Waals surface area contributed by atoms with Crippen LogP contribution in [0.2, 0.25) is 0 Å². The maximum Gasteiger partial charge on any atom is 0.294 e. The topological polar surface area (TPSA) is 8.81 Å². The smallest absolute Gasteiger partial charge is 0.225 e. The standard InChI is InChI=1S/C18H17N2/c1-13-6-5-7-14(2)17(13)20-11-10-19-12-15-8-3-4-9-16(15)18(19)20/h3-11H,12H2,1-2H3/q+1. The van der Waals surface area contributed by atoms with E-state index in [9.17, 15) is 0 Å². The van der Waals surface area contributed by atoms with E-state index in [-0.39, 0.29) is 0 Å². The third-order valence-corrected chi connectivity index (χ3v) is 4.18. The first-order valence-corrected chi connectivity index (χ1v) is 7.01. The van der Waals surface area contributed by atoms with Crippen molar-refractivity contribution in [2.24, 2.45) is 0 Å². The van der Waals surface area contributed by atoms with Gasteiger partial charge in [-0.1, -0.05) is 36.4 Å². The zero-order chi connectivity index (χ0) is 13.7. The number of fused-ring (bicyclic) bond motifs is 3. The largest absolute Gasteiger partial charge is 0.294 e. The summed E-state index contributed by atoms with van der Waals surface area (Å²) in [7, 11) is 0. The molecule has 3 aromatic rings. The van der Waals surface area contributed by atoms with Crippen LogP contribution in [0.3, 0.4) is 0 Å². The van der Waals surface area contributed by atoms with E-state index in [1.807, 2.05) is 0 Å². The molecule has 2 aromatic carbocycles. The van der Waals surface area contributed by atoms with Crippen LogP contribution in [0.25, 0.3) is 17.1 Å². The fourth-order valence-electron chi connectivity index (χ4n) is 3.26. The van der Waals surface area contributed by atoms with Crippen molar-refractivity contribution < 1.29 is 4.57 Å². The summed E-state index contributed by atoms with van der Waals surface area (Å²) in [5, 5.41) is 0. The van der Waals surface area contributed by atoms with Crippen molar-refractivity contribution >= 4 is 0 Å². The van der Waals surface area contributed by atoms with Crippen LogP contribution in [0.1, 0.15) is 16.7 Å². The number of aryl methyl sites for hydroxylation is 2. The minimum atomic E-state index is 0.976. The van der Waals surface area contributed by atoms with E-state index in [0.717, 1.165) is 6.54 Å². The van der Waals surface area contributed by atoms with Crippen LogP contribution in [0.4, 0.5) is 0 Å². The Morgan fingerprint density at radius 2 is 1.70 bits per heavy atom. The van der Waals surface area contributed by atoms with Gasteiger partial charge in [-0.15, -0.1) is 0 Å². The van der Waals surface area contributed by atoms with Gasteiger partial charge in [0, 0.05) is 5.56 Å². The third kappa shape index (κ3) is 1.48. The van der Waals surface area contributed by atoms with Gasteiger partial charge in [-0.2, -0.15) is 4.57 Å². The number of nitrogens with zero attached hydrogens (tertiary/aromatic N) is 2. The van der Waals surface area contributed by atoms with E-state index < -0.39 is 0 Å². The highest BCUT2D eigenvalue weighted by atomic mass is 15.2. The fourth-order valence-corrected chi connectivity index (χ4v) is 3.26. The van der Waals surface area contributed by atoms with Crippen LogP contribution in [0.15, 0.2) is 54.9 Å². The lowest BCUT2D eigenvalue weighted by Gasteiger charge is -2.07. The molecule has 2 heterocycles. The van der Waals surface area contributed by atoms with Crippen LogP contribution in [0.5, 0.6) is 0 Å². The highest BCUT2D eigenvalue weighted by Gasteiger charge is 2.30. The van der Waals surface area contributed by atoms with Gasteiger partial charge in [-0.05, 0) is 31.0 Å². The van der Waals surface area contributed by atoms with Crippen molar-refractivity contribution in [2.45, 2.75) is 20.4 Å². The Kier molecular flexibility index (Phi) is 2.34. The molecular weight excluding hydrogens is 244 g/mol. The molecule has 0 aliphatic carbocycles. The lowest BCUT2D eigenvalue weighted by molar-refractivity contribution is -0.671. The highest BCUT2D eigenvalue weighted by Crippen LogP contribution is 2.30. The summed E-state index contributed by atoms with van der Waals surface area (Å²) in [6.07, 6.45) is 4.36. The summed E-state index contributed by atoms with van der Waals surface area (Å²) in [4.78, 5) is 0. The van der Waals surface area contributed by atoms with Crippen LogP contribution in [-0.2, 0) is 6.54 Å². The lowest BCUT2D eigenvalue weighted by Crippen LogP contribution is -2.30. The second-order valence-electron chi connectivity index (χ2n) is 5.52. The monoisotopic (exact) mass is 261 g/mol. The second-order valence-corrected chi connectivity index (χ2v) is 5.52. The molecule has 1 aliphatic heterocycles. The first-order valence-electron chi connectivity index (χ1n) is 7.01. The number of para-hydroxylation sites is 1. The molecule has 0 bridgehead atoms. The summed E-state index contributed by atoms with van der Waals surface area (Å²) in [6, 6.07) is 15.2. The van der Waals surface area contributed by atoms with E-state index in [1.54, 1.807) is 0 Å². The molecule has 0 fully saturated rings. The molecule has 0 radical (unpaired) electrons. The third-order valence-electron chi connectivity index (χ3n) is 4.18. The Labute approximate surface area is 118 Å². The van der Waals surface area contributed by atoms with Gasteiger partial charge in [-0.25, -0.2) is 4.57 Å². The van der Waals surface area contributed by atoms with E-state index in [2.05, 4.69) is 77.8 Å². The van der Waals surface area contributed by atoms with Crippen molar-refractivity contribution in [1.29, 1.82) is 0 Å². The van der Waals surface area contributed by atoms with E-state index in [0.29, 0.717) is 0 Å². The predicted molar refractivity (Wildman–Crippen MR) is 80.0 cm³/mol. The van der Waals surface area contributed by atoms with Gasteiger partial charge in [0.2, 0.25) is 0 Å². The molecular formula is C18H17N2+. The number of hydrogen-bond acceptors (Lipinski definition) is 0. The van der Waals surface area contributed by atoms with Crippen molar-refractivity contribution in [1.82, 2.24) is 4.57 Å². The lowest BCUT2D eigenvalue weighted by atomic mass is 10.1. The number of rotatable bonds is 1. The normalized spacial score (nSPS) is 12.3. The number of hydrogen-bond donors (Lipinski definition) is 0. The Morgan fingerprint density at radius 1 is 0.950 bits per heavy atom. The predicted octanol–water partition coefficient (Wildman–Crippen LogP) is 3.41. The second kappa shape index (κ2) is 4.07. The number of benzene rings is 2. The minimum absolute atomic E-state index is 0.976. The Morgan fingerprint density at radius 3 is 2.50 bits per heavy atom. The maximum absolute atomic E-state index is 2.33. The summed E-state index contributed by atoms with van der Waals surface area (Å²) < 4.78 is 4.66. The fraction of sp³-hybridized carbons (Fsp3) is 0.167. The van der Waals surface area contributed by atoms with Crippen molar-refractivity contribution in [3.63, 3.8) is 0 Å². The van der Waals surface area contributed by atoms with Gasteiger partial charge in [0.15, 0.2) is 0 Å². The Balaban J connectivity index is 2.01. The molecule has 20 heavy (non-hydrogen) atoms. The quantitative estimate of drug-likeness (QED) is 0.464. The summed E-state index contributed by atoms with van der Waals surface area (Å²) in [5.74, 6) is 1.29. The highest BCUT2D eigenvalue weighted by molar-refractivity contribution is 5.64. The van der Waals surface area contributed by atoms with Gasteiger partial charge >= 0.3 is 0 Å². The summed E-state index contributed by atoms with van der Waals surface area (Å²) >= 11 is 0. The molecule has 0 saturated carbocycles. The molecule has 2 nitrogen and oxygen atoms in total. The SMILES string of the molecule is Cc1cccc(C)c1-n1cc[n+]2c1-c1ccccc1C2. The number of aromatic nitrogens is 2. The van der Waals surface area contributed by atoms with Crippen LogP contribution < -0.4 is 4.57 Å². The first kappa shape index (κ1) is 11.5. The average molecular weight is 261 g/mol. The maximum atomic E-state index is 2.33. The molecule has 2 heteroatoms. The van der Waals surface area contributed by atoms with E-state index in [4.69, 9.17) is 0 Å². The summed E-state index contributed by atoms with van der Waals surface area (Å²) in [5.41, 5.74) is 6.68. The van der Waals surface area contributed by atoms with Gasteiger partial charge in [0.05, 0.1) is 5.56 Å². The van der Waals surface area contributed by atoms with Gasteiger partial charge in [0.1, 0.15) is 24.6 Å². The molecule has 0 spiro atoms. The van der Waals surface area contributed by atoms with Crippen molar-refractivity contribution in [3.05, 3.63) is 71.5 Å². The van der Waals surface area contributed by atoms with Crippen molar-refractivity contribution in [3.8, 4) is 17.1 Å². The molecule has 4 rings (SSSR count).